The first-order valence-electron chi connectivity index (χ1n) is 15.3. The molecule has 8 nitrogen and oxygen atoms in total. The summed E-state index contributed by atoms with van der Waals surface area (Å²) in [6.45, 7) is 5.56. The molecule has 2 saturated carbocycles. The average Bonchev–Trinajstić information content (AvgIpc) is 2.89. The van der Waals surface area contributed by atoms with Crippen molar-refractivity contribution in [3.63, 3.8) is 0 Å². The van der Waals surface area contributed by atoms with Gasteiger partial charge in [0.15, 0.2) is 11.6 Å². The number of Topliss-reactive ketones (excluding diaryl/α,β-unsaturated/α-hetero) is 2. The summed E-state index contributed by atoms with van der Waals surface area (Å²) in [7, 11) is 8.45. The molecule has 38 heavy (non-hydrogen) atoms. The first-order valence-corrected chi connectivity index (χ1v) is 15.3. The van der Waals surface area contributed by atoms with Crippen molar-refractivity contribution < 1.29 is 37.5 Å². The Hall–Kier alpha value is -0.900. The van der Waals surface area contributed by atoms with Gasteiger partial charge in [-0.25, -0.2) is 0 Å². The third kappa shape index (κ3) is 9.07. The van der Waals surface area contributed by atoms with E-state index in [2.05, 4.69) is 28.2 Å². The van der Waals surface area contributed by atoms with Crippen LogP contribution in [0.1, 0.15) is 64.2 Å². The van der Waals surface area contributed by atoms with Gasteiger partial charge in [0.1, 0.15) is 26.2 Å². The minimum Gasteiger partial charge on any atom is -0.347 e. The highest BCUT2D eigenvalue weighted by Gasteiger charge is 2.38. The highest BCUT2D eigenvalue weighted by Crippen LogP contribution is 2.42. The fourth-order valence-corrected chi connectivity index (χ4v) is 7.15. The van der Waals surface area contributed by atoms with E-state index in [4.69, 9.17) is 18.9 Å². The standard InChI is InChI=1S/C30H54N2O6/c1-31(2,21-29-35-15-5-16-36-29)19-27(33)25-11-7-23(8-12-25)24-9-13-26(14-10-24)28(34)20-32(3,4)22-30-37-17-6-18-38-30/h23-26,29-30H,5-22H2,1-4H3/q+2. The Morgan fingerprint density at radius 1 is 0.553 bits per heavy atom. The molecule has 0 aromatic heterocycles. The van der Waals surface area contributed by atoms with Gasteiger partial charge in [-0.15, -0.1) is 0 Å². The molecule has 0 atom stereocenters. The van der Waals surface area contributed by atoms with Gasteiger partial charge in [-0.2, -0.15) is 0 Å². The second-order valence-electron chi connectivity index (χ2n) is 13.8. The molecule has 218 valence electrons. The van der Waals surface area contributed by atoms with Crippen LogP contribution in [0.3, 0.4) is 0 Å². The normalized spacial score (nSPS) is 30.7. The van der Waals surface area contributed by atoms with Crippen molar-refractivity contribution in [2.24, 2.45) is 23.7 Å². The smallest absolute Gasteiger partial charge is 0.207 e. The predicted octanol–water partition coefficient (Wildman–Crippen LogP) is 3.42. The summed E-state index contributed by atoms with van der Waals surface area (Å²) in [5.74, 6) is 2.65. The van der Waals surface area contributed by atoms with Crippen LogP contribution in [0.5, 0.6) is 0 Å². The third-order valence-electron chi connectivity index (χ3n) is 9.37. The quantitative estimate of drug-likeness (QED) is 0.376. The number of quaternary nitrogens is 2. The number of carbonyl (C=O) groups is 2. The van der Waals surface area contributed by atoms with Crippen molar-refractivity contribution in [3.8, 4) is 0 Å². The zero-order valence-corrected chi connectivity index (χ0v) is 24.5. The van der Waals surface area contributed by atoms with E-state index in [1.807, 2.05) is 0 Å². The first kappa shape index (κ1) is 30.1. The van der Waals surface area contributed by atoms with Gasteiger partial charge in [0, 0.05) is 11.8 Å². The van der Waals surface area contributed by atoms with E-state index in [1.165, 1.54) is 0 Å². The molecule has 4 aliphatic rings. The molecule has 2 saturated heterocycles. The number of carbonyl (C=O) groups excluding carboxylic acids is 2. The molecule has 2 aliphatic heterocycles. The van der Waals surface area contributed by atoms with Crippen molar-refractivity contribution >= 4 is 11.6 Å². The molecule has 0 spiro atoms. The lowest BCUT2D eigenvalue weighted by molar-refractivity contribution is -0.888. The summed E-state index contributed by atoms with van der Waals surface area (Å²) in [5.41, 5.74) is 0. The molecular formula is C30H54N2O6+2. The van der Waals surface area contributed by atoms with E-state index < -0.39 is 0 Å². The Labute approximate surface area is 230 Å². The predicted molar refractivity (Wildman–Crippen MR) is 145 cm³/mol. The topological polar surface area (TPSA) is 71.1 Å². The molecule has 0 bridgehead atoms. The van der Waals surface area contributed by atoms with E-state index >= 15 is 0 Å². The molecule has 4 rings (SSSR count). The molecule has 0 aromatic carbocycles. The summed E-state index contributed by atoms with van der Waals surface area (Å²) in [6, 6.07) is 0. The number of likely N-dealkylation sites (N-methyl/N-ethyl adjacent to an activating group) is 2. The van der Waals surface area contributed by atoms with Crippen LogP contribution in [0.15, 0.2) is 0 Å². The lowest BCUT2D eigenvalue weighted by atomic mass is 9.68. The molecule has 0 radical (unpaired) electrons. The molecule has 0 N–H and O–H groups in total. The zero-order valence-electron chi connectivity index (χ0n) is 24.5. The maximum atomic E-state index is 13.1. The molecule has 0 aromatic rings. The highest BCUT2D eigenvalue weighted by atomic mass is 16.7. The summed E-state index contributed by atoms with van der Waals surface area (Å²) in [6.07, 6.45) is 10.3. The van der Waals surface area contributed by atoms with Gasteiger partial charge in [-0.1, -0.05) is 0 Å². The lowest BCUT2D eigenvalue weighted by Gasteiger charge is -2.39. The molecule has 0 amide bonds. The fraction of sp³-hybridized carbons (Fsp3) is 0.933. The van der Waals surface area contributed by atoms with Crippen LogP contribution in [-0.4, -0.2) is 114 Å². The van der Waals surface area contributed by atoms with E-state index in [0.717, 1.165) is 116 Å². The van der Waals surface area contributed by atoms with E-state index in [9.17, 15) is 9.59 Å². The maximum absolute atomic E-state index is 13.1. The lowest BCUT2D eigenvalue weighted by Crippen LogP contribution is -2.51. The van der Waals surface area contributed by atoms with Gasteiger partial charge in [0.2, 0.25) is 12.6 Å². The Balaban J connectivity index is 1.14. The summed E-state index contributed by atoms with van der Waals surface area (Å²) in [4.78, 5) is 26.3. The fourth-order valence-electron chi connectivity index (χ4n) is 7.15. The van der Waals surface area contributed by atoms with Crippen molar-refractivity contribution in [3.05, 3.63) is 0 Å². The summed E-state index contributed by atoms with van der Waals surface area (Å²) >= 11 is 0. The SMILES string of the molecule is C[N+](C)(CC(=O)C1CCC(C2CCC(C(=O)C[N+](C)(C)CC3OCCCO3)CC2)CC1)CC1OCCCO1. The largest absolute Gasteiger partial charge is 0.347 e. The van der Waals surface area contributed by atoms with Gasteiger partial charge >= 0.3 is 0 Å². The average molecular weight is 539 g/mol. The van der Waals surface area contributed by atoms with Gasteiger partial charge in [0.25, 0.3) is 0 Å². The Morgan fingerprint density at radius 3 is 1.18 bits per heavy atom. The van der Waals surface area contributed by atoms with Gasteiger partial charge in [-0.3, -0.25) is 9.59 Å². The van der Waals surface area contributed by atoms with Gasteiger partial charge < -0.3 is 27.9 Å². The van der Waals surface area contributed by atoms with Crippen molar-refractivity contribution in [1.82, 2.24) is 0 Å². The maximum Gasteiger partial charge on any atom is 0.207 e. The van der Waals surface area contributed by atoms with Crippen LogP contribution in [0.25, 0.3) is 0 Å². The van der Waals surface area contributed by atoms with Crippen molar-refractivity contribution in [2.75, 3.05) is 80.8 Å². The molecule has 2 heterocycles. The van der Waals surface area contributed by atoms with Crippen LogP contribution >= 0.6 is 0 Å². The number of ether oxygens (including phenoxy) is 4. The van der Waals surface area contributed by atoms with E-state index in [1.54, 1.807) is 0 Å². The first-order chi connectivity index (χ1) is 18.1. The van der Waals surface area contributed by atoms with Crippen molar-refractivity contribution in [1.29, 1.82) is 0 Å². The molecule has 0 unspecified atom stereocenters. The van der Waals surface area contributed by atoms with Crippen LogP contribution < -0.4 is 0 Å². The Morgan fingerprint density at radius 2 is 0.868 bits per heavy atom. The number of hydrogen-bond donors (Lipinski definition) is 0. The van der Waals surface area contributed by atoms with Crippen molar-refractivity contribution in [2.45, 2.75) is 76.8 Å². The number of nitrogens with zero attached hydrogens (tertiary/aromatic N) is 2. The number of rotatable bonds is 11. The van der Waals surface area contributed by atoms with Crippen LogP contribution in [0.4, 0.5) is 0 Å². The highest BCUT2D eigenvalue weighted by molar-refractivity contribution is 5.82. The van der Waals surface area contributed by atoms with E-state index in [-0.39, 0.29) is 24.4 Å². The minimum absolute atomic E-state index is 0.186. The second kappa shape index (κ2) is 13.6. The Bertz CT molecular complexity index is 695. The monoisotopic (exact) mass is 538 g/mol. The minimum atomic E-state index is -0.186. The molecule has 8 heteroatoms. The Kier molecular flexibility index (Phi) is 10.8. The van der Waals surface area contributed by atoms with Crippen LogP contribution in [0.2, 0.25) is 0 Å². The van der Waals surface area contributed by atoms with Gasteiger partial charge in [0.05, 0.1) is 54.6 Å². The number of ketones is 2. The molecule has 2 aliphatic carbocycles. The molecule has 4 fully saturated rings. The molecular weight excluding hydrogens is 484 g/mol. The van der Waals surface area contributed by atoms with Crippen LogP contribution in [-0.2, 0) is 28.5 Å². The van der Waals surface area contributed by atoms with Gasteiger partial charge in [-0.05, 0) is 76.0 Å². The summed E-state index contributed by atoms with van der Waals surface area (Å²) < 4.78 is 24.1. The van der Waals surface area contributed by atoms with E-state index in [0.29, 0.717) is 33.6 Å². The third-order valence-corrected chi connectivity index (χ3v) is 9.37. The van der Waals surface area contributed by atoms with Crippen LogP contribution in [0, 0.1) is 23.7 Å². The number of hydrogen-bond acceptors (Lipinski definition) is 6. The zero-order chi connectivity index (χ0) is 27.2. The second-order valence-corrected chi connectivity index (χ2v) is 13.8. The summed E-state index contributed by atoms with van der Waals surface area (Å²) in [5, 5.41) is 0.